The Labute approximate surface area is 175 Å². The van der Waals surface area contributed by atoms with Crippen molar-refractivity contribution >= 4 is 40.4 Å². The lowest BCUT2D eigenvalue weighted by molar-refractivity contribution is -0.119. The van der Waals surface area contributed by atoms with Crippen LogP contribution in [-0.2, 0) is 4.79 Å². The van der Waals surface area contributed by atoms with Crippen molar-refractivity contribution in [2.24, 2.45) is 16.1 Å². The van der Waals surface area contributed by atoms with Gasteiger partial charge in [0.1, 0.15) is 5.69 Å². The molecular formula is C21H13ClN6O2. The van der Waals surface area contributed by atoms with Crippen LogP contribution in [0, 0.1) is 5.92 Å². The summed E-state index contributed by atoms with van der Waals surface area (Å²) in [5.41, 5.74) is 3.48. The van der Waals surface area contributed by atoms with Crippen LogP contribution in [0.3, 0.4) is 0 Å². The predicted molar refractivity (Wildman–Crippen MR) is 111 cm³/mol. The zero-order valence-corrected chi connectivity index (χ0v) is 16.1. The first kappa shape index (κ1) is 18.1. The highest BCUT2D eigenvalue weighted by Crippen LogP contribution is 2.34. The summed E-state index contributed by atoms with van der Waals surface area (Å²) in [6, 6.07) is 7.16. The highest BCUT2D eigenvalue weighted by molar-refractivity contribution is 6.32. The first-order valence-electron chi connectivity index (χ1n) is 9.06. The van der Waals surface area contributed by atoms with E-state index in [9.17, 15) is 9.59 Å². The molecule has 1 N–H and O–H groups in total. The average Bonchev–Trinajstić information content (AvgIpc) is 3.21. The smallest absolute Gasteiger partial charge is 0.276 e. The Morgan fingerprint density at radius 1 is 1.13 bits per heavy atom. The maximum Gasteiger partial charge on any atom is 0.276 e. The Kier molecular flexibility index (Phi) is 4.33. The van der Waals surface area contributed by atoms with Gasteiger partial charge in [0.2, 0.25) is 0 Å². The van der Waals surface area contributed by atoms with Crippen LogP contribution in [0.1, 0.15) is 16.1 Å². The number of aromatic nitrogens is 3. The Hall–Kier alpha value is -3.91. The molecule has 2 aliphatic rings. The molecule has 1 aromatic carbocycles. The van der Waals surface area contributed by atoms with Gasteiger partial charge in [-0.05, 0) is 17.7 Å². The molecule has 0 radical (unpaired) electrons. The largest absolute Gasteiger partial charge is 0.321 e. The number of rotatable bonds is 3. The molecule has 1 aliphatic heterocycles. The van der Waals surface area contributed by atoms with Crippen LogP contribution in [0.4, 0.5) is 5.69 Å². The normalized spacial score (nSPS) is 17.5. The molecule has 1 aliphatic carbocycles. The molecule has 8 nitrogen and oxygen atoms in total. The molecule has 1 unspecified atom stereocenters. The number of carbonyl (C=O) groups excluding carboxylic acids is 2. The van der Waals surface area contributed by atoms with E-state index in [0.717, 1.165) is 11.1 Å². The summed E-state index contributed by atoms with van der Waals surface area (Å²) < 4.78 is 1.64. The molecule has 3 heterocycles. The summed E-state index contributed by atoms with van der Waals surface area (Å²) >= 11 is 6.01. The summed E-state index contributed by atoms with van der Waals surface area (Å²) in [7, 11) is 0. The minimum atomic E-state index is -0.404. The third-order valence-corrected chi connectivity index (χ3v) is 5.06. The van der Waals surface area contributed by atoms with Crippen molar-refractivity contribution in [1.82, 2.24) is 14.4 Å². The van der Waals surface area contributed by atoms with Crippen LogP contribution in [0.2, 0.25) is 5.15 Å². The lowest BCUT2D eigenvalue weighted by Crippen LogP contribution is -2.17. The molecule has 0 saturated carbocycles. The van der Waals surface area contributed by atoms with E-state index in [-0.39, 0.29) is 22.7 Å². The van der Waals surface area contributed by atoms with Gasteiger partial charge in [-0.25, -0.2) is 9.97 Å². The van der Waals surface area contributed by atoms with Gasteiger partial charge in [-0.1, -0.05) is 48.0 Å². The SMILES string of the molecule is O=C(Nc1ccc(C2=C3C=CC=CC3C(=O)N=N2)cc1)c1cn2ccnc(Cl)c2n1. The Morgan fingerprint density at radius 2 is 1.97 bits per heavy atom. The number of nitrogens with one attached hydrogen (secondary N) is 1. The van der Waals surface area contributed by atoms with E-state index in [4.69, 9.17) is 11.6 Å². The number of fused-ring (bicyclic) bond motifs is 2. The molecular weight excluding hydrogens is 404 g/mol. The fraction of sp³-hybridized carbons (Fsp3) is 0.0476. The summed E-state index contributed by atoms with van der Waals surface area (Å²) in [5, 5.41) is 10.9. The number of amides is 2. The van der Waals surface area contributed by atoms with Crippen LogP contribution < -0.4 is 5.32 Å². The van der Waals surface area contributed by atoms with Crippen molar-refractivity contribution in [3.63, 3.8) is 0 Å². The Balaban J connectivity index is 1.39. The van der Waals surface area contributed by atoms with Crippen LogP contribution in [0.5, 0.6) is 0 Å². The van der Waals surface area contributed by atoms with Gasteiger partial charge in [-0.15, -0.1) is 10.2 Å². The first-order chi connectivity index (χ1) is 14.6. The number of hydrogen-bond acceptors (Lipinski definition) is 5. The maximum absolute atomic E-state index is 12.6. The Morgan fingerprint density at radius 3 is 2.77 bits per heavy atom. The van der Waals surface area contributed by atoms with E-state index in [2.05, 4.69) is 25.5 Å². The van der Waals surface area contributed by atoms with Gasteiger partial charge in [0.25, 0.3) is 11.8 Å². The molecule has 146 valence electrons. The highest BCUT2D eigenvalue weighted by Gasteiger charge is 2.27. The van der Waals surface area contributed by atoms with Crippen molar-refractivity contribution in [2.45, 2.75) is 0 Å². The van der Waals surface area contributed by atoms with Gasteiger partial charge in [-0.3, -0.25) is 9.59 Å². The second-order valence-corrected chi connectivity index (χ2v) is 7.03. The fourth-order valence-corrected chi connectivity index (χ4v) is 3.53. The standard InChI is InChI=1S/C21H13ClN6O2/c22-18-19-25-16(11-28(19)10-9-23-18)21(30)24-13-7-5-12(6-8-13)17-14-3-1-2-4-15(14)20(29)27-26-17/h1-11,15H,(H,24,30). The van der Waals surface area contributed by atoms with E-state index in [1.807, 2.05) is 30.4 Å². The minimum absolute atomic E-state index is 0.223. The van der Waals surface area contributed by atoms with Crippen molar-refractivity contribution in [1.29, 1.82) is 0 Å². The van der Waals surface area contributed by atoms with E-state index in [1.54, 1.807) is 35.0 Å². The molecule has 2 aromatic heterocycles. The molecule has 0 bridgehead atoms. The lowest BCUT2D eigenvalue weighted by atomic mass is 9.89. The van der Waals surface area contributed by atoms with E-state index in [1.165, 1.54) is 6.20 Å². The third-order valence-electron chi connectivity index (χ3n) is 4.79. The van der Waals surface area contributed by atoms with Crippen LogP contribution in [0.25, 0.3) is 11.3 Å². The number of allylic oxidation sites excluding steroid dienone is 3. The van der Waals surface area contributed by atoms with Gasteiger partial charge >= 0.3 is 0 Å². The quantitative estimate of drug-likeness (QED) is 0.695. The number of halogens is 1. The highest BCUT2D eigenvalue weighted by atomic mass is 35.5. The summed E-state index contributed by atoms with van der Waals surface area (Å²) in [5.74, 6) is -1.05. The summed E-state index contributed by atoms with van der Waals surface area (Å²) in [4.78, 5) is 32.7. The second kappa shape index (κ2) is 7.16. The number of carbonyl (C=O) groups is 2. The molecule has 9 heteroatoms. The zero-order chi connectivity index (χ0) is 20.7. The average molecular weight is 417 g/mol. The number of anilines is 1. The monoisotopic (exact) mass is 416 g/mol. The molecule has 0 fully saturated rings. The van der Waals surface area contributed by atoms with Gasteiger partial charge in [0, 0.05) is 29.8 Å². The van der Waals surface area contributed by atoms with Crippen LogP contribution >= 0.6 is 11.6 Å². The van der Waals surface area contributed by atoms with Crippen LogP contribution in [0.15, 0.2) is 83.0 Å². The van der Waals surface area contributed by atoms with E-state index >= 15 is 0 Å². The van der Waals surface area contributed by atoms with E-state index < -0.39 is 5.92 Å². The molecule has 3 aromatic rings. The minimum Gasteiger partial charge on any atom is -0.321 e. The molecule has 0 spiro atoms. The van der Waals surface area contributed by atoms with E-state index in [0.29, 0.717) is 17.0 Å². The predicted octanol–water partition coefficient (Wildman–Crippen LogP) is 4.08. The van der Waals surface area contributed by atoms with Gasteiger partial charge < -0.3 is 9.72 Å². The van der Waals surface area contributed by atoms with Gasteiger partial charge in [0.15, 0.2) is 10.8 Å². The number of nitrogens with zero attached hydrogens (tertiary/aromatic N) is 5. The first-order valence-corrected chi connectivity index (χ1v) is 9.43. The fourth-order valence-electron chi connectivity index (χ4n) is 3.33. The summed E-state index contributed by atoms with van der Waals surface area (Å²) in [6.45, 7) is 0. The van der Waals surface area contributed by atoms with Crippen molar-refractivity contribution in [2.75, 3.05) is 5.32 Å². The number of azo groups is 1. The molecule has 30 heavy (non-hydrogen) atoms. The molecule has 5 rings (SSSR count). The summed E-state index contributed by atoms with van der Waals surface area (Å²) in [6.07, 6.45) is 12.2. The number of hydrogen-bond donors (Lipinski definition) is 1. The second-order valence-electron chi connectivity index (χ2n) is 6.67. The molecule has 1 atom stereocenters. The van der Waals surface area contributed by atoms with Crippen molar-refractivity contribution in [3.8, 4) is 0 Å². The zero-order valence-electron chi connectivity index (χ0n) is 15.4. The number of imidazole rings is 1. The van der Waals surface area contributed by atoms with Crippen molar-refractivity contribution in [3.05, 3.63) is 89.1 Å². The van der Waals surface area contributed by atoms with Gasteiger partial charge in [0.05, 0.1) is 11.6 Å². The topological polar surface area (TPSA) is 101 Å². The Bertz CT molecular complexity index is 1320. The number of benzene rings is 1. The lowest BCUT2D eigenvalue weighted by Gasteiger charge is -2.19. The third kappa shape index (κ3) is 3.13. The molecule has 2 amide bonds. The maximum atomic E-state index is 12.6. The van der Waals surface area contributed by atoms with Crippen molar-refractivity contribution < 1.29 is 9.59 Å². The molecule has 0 saturated heterocycles. The van der Waals surface area contributed by atoms with Gasteiger partial charge in [-0.2, -0.15) is 0 Å². The van der Waals surface area contributed by atoms with Crippen LogP contribution in [-0.4, -0.2) is 26.2 Å².